The molecule has 1 N–H and O–H groups in total. The molecule has 2 aromatic carbocycles. The van der Waals surface area contributed by atoms with Crippen molar-refractivity contribution < 1.29 is 17.9 Å². The van der Waals surface area contributed by atoms with Crippen molar-refractivity contribution in [2.45, 2.75) is 26.6 Å². The van der Waals surface area contributed by atoms with Crippen LogP contribution in [0.2, 0.25) is 0 Å². The Morgan fingerprint density at radius 1 is 0.971 bits per heavy atom. The predicted octanol–water partition coefficient (Wildman–Crippen LogP) is 4.88. The van der Waals surface area contributed by atoms with E-state index in [1.807, 2.05) is 68.4 Å². The highest BCUT2D eigenvalue weighted by molar-refractivity contribution is 5.80. The maximum atomic E-state index is 12.8. The van der Waals surface area contributed by atoms with Crippen LogP contribution >= 0.6 is 0 Å². The van der Waals surface area contributed by atoms with Gasteiger partial charge in [0.15, 0.2) is 12.3 Å². The van der Waals surface area contributed by atoms with Crippen LogP contribution in [-0.4, -0.2) is 47.9 Å². The highest BCUT2D eigenvalue weighted by Crippen LogP contribution is 2.31. The monoisotopic (exact) mass is 479 g/mol. The fourth-order valence-corrected chi connectivity index (χ4v) is 3.96. The van der Waals surface area contributed by atoms with Crippen molar-refractivity contribution in [3.05, 3.63) is 71.4 Å². The Morgan fingerprint density at radius 2 is 1.71 bits per heavy atom. The van der Waals surface area contributed by atoms with Gasteiger partial charge in [0, 0.05) is 11.3 Å². The van der Waals surface area contributed by atoms with Crippen molar-refractivity contribution in [3.63, 3.8) is 0 Å². The highest BCUT2D eigenvalue weighted by Gasteiger charge is 2.30. The molecule has 0 spiro atoms. The summed E-state index contributed by atoms with van der Waals surface area (Å²) in [6.45, 7) is 2.49. The quantitative estimate of drug-likeness (QED) is 0.373. The average Bonchev–Trinajstić information content (AvgIpc) is 3.47. The van der Waals surface area contributed by atoms with Crippen LogP contribution in [0, 0.1) is 13.8 Å². The molecular formula is C24H20F3N7O. The number of tetrazole rings is 1. The number of pyridine rings is 1. The van der Waals surface area contributed by atoms with Gasteiger partial charge in [-0.1, -0.05) is 48.5 Å². The van der Waals surface area contributed by atoms with Crippen molar-refractivity contribution in [2.75, 3.05) is 6.61 Å². The number of aromatic nitrogens is 7. The summed E-state index contributed by atoms with van der Waals surface area (Å²) in [5.41, 5.74) is 6.09. The van der Waals surface area contributed by atoms with Gasteiger partial charge in [0.2, 0.25) is 5.82 Å². The van der Waals surface area contributed by atoms with Gasteiger partial charge in [-0.05, 0) is 47.4 Å². The molecule has 8 nitrogen and oxygen atoms in total. The summed E-state index contributed by atoms with van der Waals surface area (Å²) in [6.07, 6.45) is -4.48. The van der Waals surface area contributed by atoms with Gasteiger partial charge in [0.25, 0.3) is 6.01 Å². The Hall–Kier alpha value is -4.28. The maximum Gasteiger partial charge on any atom is 0.422 e. The van der Waals surface area contributed by atoms with Crippen molar-refractivity contribution in [1.82, 2.24) is 35.2 Å². The fourth-order valence-electron chi connectivity index (χ4n) is 3.96. The van der Waals surface area contributed by atoms with Crippen molar-refractivity contribution in [3.8, 4) is 28.5 Å². The number of aryl methyl sites for hydroxylation is 2. The van der Waals surface area contributed by atoms with Crippen LogP contribution in [0.5, 0.6) is 6.01 Å². The van der Waals surface area contributed by atoms with E-state index in [9.17, 15) is 13.2 Å². The van der Waals surface area contributed by atoms with Gasteiger partial charge in [-0.3, -0.25) is 4.57 Å². The number of H-pyrrole nitrogens is 1. The Kier molecular flexibility index (Phi) is 5.67. The van der Waals surface area contributed by atoms with Gasteiger partial charge in [0.1, 0.15) is 5.52 Å². The minimum absolute atomic E-state index is 0.120. The van der Waals surface area contributed by atoms with E-state index in [0.29, 0.717) is 17.0 Å². The number of alkyl halides is 3. The molecule has 0 aliphatic carbocycles. The first kappa shape index (κ1) is 22.5. The summed E-state index contributed by atoms with van der Waals surface area (Å²) in [5, 5.41) is 14.2. The van der Waals surface area contributed by atoms with Crippen LogP contribution in [0.1, 0.15) is 16.8 Å². The van der Waals surface area contributed by atoms with Crippen LogP contribution in [0.3, 0.4) is 0 Å². The smallest absolute Gasteiger partial charge is 0.422 e. The molecule has 11 heteroatoms. The van der Waals surface area contributed by atoms with Gasteiger partial charge < -0.3 is 4.74 Å². The van der Waals surface area contributed by atoms with E-state index in [1.54, 1.807) is 4.57 Å². The van der Waals surface area contributed by atoms with Gasteiger partial charge >= 0.3 is 6.18 Å². The zero-order valence-corrected chi connectivity index (χ0v) is 18.8. The lowest BCUT2D eigenvalue weighted by Crippen LogP contribution is -2.21. The average molecular weight is 479 g/mol. The van der Waals surface area contributed by atoms with Gasteiger partial charge in [-0.15, -0.1) is 10.2 Å². The molecule has 0 saturated heterocycles. The second kappa shape index (κ2) is 8.82. The first-order valence-electron chi connectivity index (χ1n) is 10.7. The number of nitrogens with one attached hydrogen (secondary N) is 1. The number of fused-ring (bicyclic) bond motifs is 1. The Balaban J connectivity index is 1.49. The second-order valence-electron chi connectivity index (χ2n) is 8.12. The van der Waals surface area contributed by atoms with Crippen LogP contribution in [-0.2, 0) is 6.54 Å². The normalized spacial score (nSPS) is 11.8. The molecule has 0 saturated carbocycles. The van der Waals surface area contributed by atoms with Crippen molar-refractivity contribution in [1.29, 1.82) is 0 Å². The van der Waals surface area contributed by atoms with Crippen LogP contribution in [0.15, 0.2) is 54.6 Å². The summed E-state index contributed by atoms with van der Waals surface area (Å²) < 4.78 is 45.2. The molecule has 0 radical (unpaired) electrons. The number of benzene rings is 2. The minimum atomic E-state index is -4.48. The molecule has 3 aromatic heterocycles. The van der Waals surface area contributed by atoms with E-state index in [1.165, 1.54) is 0 Å². The molecule has 3 heterocycles. The molecule has 35 heavy (non-hydrogen) atoms. The fraction of sp³-hybridized carbons (Fsp3) is 0.208. The molecule has 0 aliphatic rings. The third-order valence-corrected chi connectivity index (χ3v) is 5.47. The summed E-state index contributed by atoms with van der Waals surface area (Å²) in [7, 11) is 0. The first-order valence-corrected chi connectivity index (χ1v) is 10.7. The first-order chi connectivity index (χ1) is 16.8. The summed E-state index contributed by atoms with van der Waals surface area (Å²) in [6, 6.07) is 17.1. The number of halogens is 3. The van der Waals surface area contributed by atoms with E-state index in [-0.39, 0.29) is 12.6 Å². The van der Waals surface area contributed by atoms with Crippen molar-refractivity contribution >= 4 is 11.2 Å². The largest absolute Gasteiger partial charge is 0.455 e. The molecule has 0 atom stereocenters. The zero-order valence-electron chi connectivity index (χ0n) is 18.8. The second-order valence-corrected chi connectivity index (χ2v) is 8.12. The Bertz CT molecular complexity index is 1480. The van der Waals surface area contributed by atoms with Crippen LogP contribution in [0.25, 0.3) is 33.7 Å². The van der Waals surface area contributed by atoms with Crippen LogP contribution in [0.4, 0.5) is 13.2 Å². The number of aromatic amines is 1. The van der Waals surface area contributed by atoms with E-state index in [2.05, 4.69) is 30.6 Å². The number of imidazole rings is 1. The number of ether oxygens (including phenoxy) is 1. The summed E-state index contributed by atoms with van der Waals surface area (Å²) in [4.78, 5) is 8.83. The zero-order chi connectivity index (χ0) is 24.6. The molecule has 5 aromatic rings. The predicted molar refractivity (Wildman–Crippen MR) is 123 cm³/mol. The molecule has 0 unspecified atom stereocenters. The number of nitrogens with zero attached hydrogens (tertiary/aromatic N) is 6. The van der Waals surface area contributed by atoms with Crippen LogP contribution < -0.4 is 4.74 Å². The Labute approximate surface area is 197 Å². The number of hydrogen-bond donors (Lipinski definition) is 1. The Morgan fingerprint density at radius 3 is 2.40 bits per heavy atom. The van der Waals surface area contributed by atoms with Gasteiger partial charge in [0.05, 0.1) is 6.54 Å². The van der Waals surface area contributed by atoms with Crippen molar-refractivity contribution in [2.24, 2.45) is 0 Å². The van der Waals surface area contributed by atoms with E-state index < -0.39 is 12.8 Å². The third kappa shape index (κ3) is 4.70. The van der Waals surface area contributed by atoms with E-state index >= 15 is 0 Å². The van der Waals surface area contributed by atoms with Gasteiger partial charge in [-0.2, -0.15) is 23.4 Å². The maximum absolute atomic E-state index is 12.8. The highest BCUT2D eigenvalue weighted by atomic mass is 19.4. The molecule has 0 bridgehead atoms. The third-order valence-electron chi connectivity index (χ3n) is 5.47. The lowest BCUT2D eigenvalue weighted by atomic mass is 9.98. The standard InChI is InChI=1S/C24H20F3N7O/c1-14-11-15(2)28-22-20(14)29-23(35-13-24(25,26)27)34(22)12-16-7-9-17(10-8-16)18-5-3-4-6-19(18)21-30-32-33-31-21/h3-11H,12-13H2,1-2H3,(H,30,31,32,33). The molecule has 0 amide bonds. The molecule has 5 rings (SSSR count). The molecule has 0 aliphatic heterocycles. The summed E-state index contributed by atoms with van der Waals surface area (Å²) in [5.74, 6) is 0.484. The van der Waals surface area contributed by atoms with Gasteiger partial charge in [-0.25, -0.2) is 4.98 Å². The topological polar surface area (TPSA) is 94.4 Å². The SMILES string of the molecule is Cc1cc(C)c2nc(OCC(F)(F)F)n(Cc3ccc(-c4ccccc4-c4nn[nH]n4)cc3)c2n1. The number of hydrogen-bond acceptors (Lipinski definition) is 6. The minimum Gasteiger partial charge on any atom is -0.455 e. The molecule has 178 valence electrons. The summed E-state index contributed by atoms with van der Waals surface area (Å²) >= 11 is 0. The van der Waals surface area contributed by atoms with E-state index in [4.69, 9.17) is 4.74 Å². The number of rotatable bonds is 6. The molecular weight excluding hydrogens is 459 g/mol. The molecule has 0 fully saturated rings. The van der Waals surface area contributed by atoms with E-state index in [0.717, 1.165) is 33.5 Å². The lowest BCUT2D eigenvalue weighted by Gasteiger charge is -2.12. The lowest BCUT2D eigenvalue weighted by molar-refractivity contribution is -0.155.